The lowest BCUT2D eigenvalue weighted by Crippen LogP contribution is -2.23. The van der Waals surface area contributed by atoms with Gasteiger partial charge in [0.1, 0.15) is 0 Å². The lowest BCUT2D eigenvalue weighted by atomic mass is 10.00. The third-order valence-electron chi connectivity index (χ3n) is 10.0. The highest BCUT2D eigenvalue weighted by Crippen LogP contribution is 2.80. The second kappa shape index (κ2) is 7.63. The number of para-hydroxylation sites is 1. The number of nitrogens with one attached hydrogen (secondary N) is 1. The third-order valence-corrected chi connectivity index (χ3v) is 11.2. The zero-order valence-electron chi connectivity index (χ0n) is 23.2. The number of H-pyrrole nitrogens is 1. The Balaban J connectivity index is 0.973. The lowest BCUT2D eigenvalue weighted by Gasteiger charge is -2.25. The fraction of sp³-hybridized carbons (Fsp3) is 0.0500. The Bertz CT molecular complexity index is 2540. The van der Waals surface area contributed by atoms with Gasteiger partial charge in [0.2, 0.25) is 0 Å². The Morgan fingerprint density at radius 1 is 0.558 bits per heavy atom. The van der Waals surface area contributed by atoms with Gasteiger partial charge in [-0.15, -0.1) is 11.3 Å². The van der Waals surface area contributed by atoms with Crippen molar-refractivity contribution in [1.82, 2.24) is 4.98 Å². The average Bonchev–Trinajstić information content (AvgIpc) is 3.76. The molecule has 0 radical (unpaired) electrons. The molecular formula is C40H24N2S. The van der Waals surface area contributed by atoms with Crippen LogP contribution in [0.1, 0.15) is 12.0 Å². The molecule has 0 unspecified atom stereocenters. The van der Waals surface area contributed by atoms with Crippen LogP contribution in [0.15, 0.2) is 133 Å². The first-order valence-corrected chi connectivity index (χ1v) is 15.8. The first-order chi connectivity index (χ1) is 21.3. The molecule has 11 rings (SSSR count). The molecule has 8 aromatic rings. The van der Waals surface area contributed by atoms with Gasteiger partial charge in [0.25, 0.3) is 0 Å². The van der Waals surface area contributed by atoms with Crippen LogP contribution in [0.4, 0.5) is 11.4 Å². The highest BCUT2D eigenvalue weighted by molar-refractivity contribution is 7.25. The number of nitrogens with zero attached hydrogens (tertiary/aromatic N) is 1. The number of benzene rings is 6. The number of anilines is 2. The molecule has 2 aliphatic carbocycles. The molecule has 3 aliphatic rings. The molecule has 0 bridgehead atoms. The van der Waals surface area contributed by atoms with E-state index in [4.69, 9.17) is 0 Å². The highest BCUT2D eigenvalue weighted by Gasteiger charge is 2.75. The SMILES string of the molecule is c1ccc2c(c1)[nH]c1cc(-c3ccc4c(c3)N(c3ccc(-c5ccc6c(c5)sc5ccccc56)cc3)[C@]35CC3=C45)ccc12. The standard InChI is InChI=1S/C40H24N2S/c1-3-7-34-28(5-1)29-16-11-24(19-35(29)41-34)25-13-18-32-36(20-25)42(40-22-33(40)39(32)40)27-14-9-23(10-15-27)26-12-17-31-30-6-2-4-8-37(30)43-38(31)21-26/h1-21,41H,22H2/t40-/m1/s1. The minimum Gasteiger partial charge on any atom is -0.354 e. The maximum atomic E-state index is 3.62. The van der Waals surface area contributed by atoms with E-state index < -0.39 is 0 Å². The van der Waals surface area contributed by atoms with Crippen LogP contribution in [0, 0.1) is 0 Å². The van der Waals surface area contributed by atoms with E-state index in [-0.39, 0.29) is 5.54 Å². The van der Waals surface area contributed by atoms with Crippen LogP contribution in [-0.4, -0.2) is 10.5 Å². The minimum absolute atomic E-state index is 0.152. The Morgan fingerprint density at radius 2 is 1.23 bits per heavy atom. The van der Waals surface area contributed by atoms with Gasteiger partial charge in [0.15, 0.2) is 0 Å². The fourth-order valence-corrected chi connectivity index (χ4v) is 8.92. The maximum Gasteiger partial charge on any atom is 0.0968 e. The fourth-order valence-electron chi connectivity index (χ4n) is 7.77. The summed E-state index contributed by atoms with van der Waals surface area (Å²) in [7, 11) is 0. The molecule has 1 fully saturated rings. The number of fused-ring (bicyclic) bond motifs is 8. The van der Waals surface area contributed by atoms with Crippen LogP contribution in [0.3, 0.4) is 0 Å². The van der Waals surface area contributed by atoms with Gasteiger partial charge in [0.05, 0.1) is 11.2 Å². The Kier molecular flexibility index (Phi) is 3.99. The molecule has 1 atom stereocenters. The van der Waals surface area contributed by atoms with Crippen LogP contribution in [-0.2, 0) is 0 Å². The van der Waals surface area contributed by atoms with Crippen molar-refractivity contribution in [2.75, 3.05) is 4.90 Å². The summed E-state index contributed by atoms with van der Waals surface area (Å²) in [6, 6.07) is 47.3. The summed E-state index contributed by atoms with van der Waals surface area (Å²) in [5.41, 5.74) is 14.8. The van der Waals surface area contributed by atoms with Crippen molar-refractivity contribution >= 4 is 70.3 Å². The zero-order valence-corrected chi connectivity index (χ0v) is 24.0. The molecule has 1 saturated carbocycles. The zero-order chi connectivity index (χ0) is 27.9. The van der Waals surface area contributed by atoms with Crippen LogP contribution in [0.5, 0.6) is 0 Å². The minimum atomic E-state index is 0.152. The van der Waals surface area contributed by atoms with E-state index in [0.29, 0.717) is 0 Å². The Morgan fingerprint density at radius 3 is 2.12 bits per heavy atom. The van der Waals surface area contributed by atoms with Crippen LogP contribution < -0.4 is 4.90 Å². The van der Waals surface area contributed by atoms with E-state index in [1.165, 1.54) is 87.6 Å². The van der Waals surface area contributed by atoms with E-state index in [2.05, 4.69) is 137 Å². The van der Waals surface area contributed by atoms with Gasteiger partial charge < -0.3 is 9.88 Å². The molecule has 1 aliphatic heterocycles. The first-order valence-electron chi connectivity index (χ1n) is 15.0. The van der Waals surface area contributed by atoms with Crippen molar-refractivity contribution in [3.63, 3.8) is 0 Å². The van der Waals surface area contributed by atoms with Crippen molar-refractivity contribution in [2.45, 2.75) is 12.0 Å². The molecular weight excluding hydrogens is 541 g/mol. The number of thiophene rings is 1. The predicted molar refractivity (Wildman–Crippen MR) is 182 cm³/mol. The van der Waals surface area contributed by atoms with E-state index in [1.54, 1.807) is 11.1 Å². The van der Waals surface area contributed by atoms with Crippen molar-refractivity contribution in [3.05, 3.63) is 139 Å². The van der Waals surface area contributed by atoms with Gasteiger partial charge >= 0.3 is 0 Å². The summed E-state index contributed by atoms with van der Waals surface area (Å²) in [5.74, 6) is 0. The maximum absolute atomic E-state index is 3.62. The molecule has 2 aromatic heterocycles. The Hall–Kier alpha value is -5.12. The van der Waals surface area contributed by atoms with Crippen molar-refractivity contribution in [2.24, 2.45) is 0 Å². The summed E-state index contributed by atoms with van der Waals surface area (Å²) in [4.78, 5) is 6.23. The quantitative estimate of drug-likeness (QED) is 0.226. The van der Waals surface area contributed by atoms with Gasteiger partial charge in [-0.3, -0.25) is 0 Å². The van der Waals surface area contributed by atoms with Crippen molar-refractivity contribution < 1.29 is 0 Å². The van der Waals surface area contributed by atoms with Gasteiger partial charge in [-0.25, -0.2) is 0 Å². The number of hydrogen-bond acceptors (Lipinski definition) is 2. The normalized spacial score (nSPS) is 18.1. The monoisotopic (exact) mass is 564 g/mol. The first kappa shape index (κ1) is 22.5. The number of hydrogen-bond donors (Lipinski definition) is 1. The molecule has 200 valence electrons. The molecule has 1 N–H and O–H groups in total. The molecule has 0 amide bonds. The van der Waals surface area contributed by atoms with Crippen LogP contribution in [0.2, 0.25) is 0 Å². The summed E-state index contributed by atoms with van der Waals surface area (Å²) in [5, 5.41) is 5.26. The van der Waals surface area contributed by atoms with Gasteiger partial charge in [-0.05, 0) is 75.9 Å². The smallest absolute Gasteiger partial charge is 0.0968 e. The van der Waals surface area contributed by atoms with E-state index >= 15 is 0 Å². The number of aromatic nitrogens is 1. The number of aromatic amines is 1. The van der Waals surface area contributed by atoms with E-state index in [9.17, 15) is 0 Å². The summed E-state index contributed by atoms with van der Waals surface area (Å²) in [6.07, 6.45) is 1.19. The summed E-state index contributed by atoms with van der Waals surface area (Å²) >= 11 is 1.88. The molecule has 1 spiro atoms. The summed E-state index contributed by atoms with van der Waals surface area (Å²) in [6.45, 7) is 0. The van der Waals surface area contributed by atoms with Crippen molar-refractivity contribution in [1.29, 1.82) is 0 Å². The molecule has 43 heavy (non-hydrogen) atoms. The predicted octanol–water partition coefficient (Wildman–Crippen LogP) is 11.1. The topological polar surface area (TPSA) is 19.0 Å². The van der Waals surface area contributed by atoms with Crippen molar-refractivity contribution in [3.8, 4) is 22.3 Å². The van der Waals surface area contributed by atoms with Gasteiger partial charge in [-0.2, -0.15) is 0 Å². The second-order valence-electron chi connectivity index (χ2n) is 12.2. The van der Waals surface area contributed by atoms with E-state index in [1.807, 2.05) is 11.3 Å². The molecule has 3 heterocycles. The van der Waals surface area contributed by atoms with E-state index in [0.717, 1.165) is 0 Å². The third kappa shape index (κ3) is 2.88. The number of rotatable bonds is 3. The molecule has 3 heteroatoms. The Labute approximate surface area is 252 Å². The van der Waals surface area contributed by atoms with Crippen LogP contribution in [0.25, 0.3) is 69.8 Å². The molecule has 2 nitrogen and oxygen atoms in total. The molecule has 6 aromatic carbocycles. The average molecular weight is 565 g/mol. The lowest BCUT2D eigenvalue weighted by molar-refractivity contribution is 0.920. The second-order valence-corrected chi connectivity index (χ2v) is 13.3. The van der Waals surface area contributed by atoms with Crippen LogP contribution >= 0.6 is 11.3 Å². The molecule has 0 saturated heterocycles. The highest BCUT2D eigenvalue weighted by atomic mass is 32.1. The van der Waals surface area contributed by atoms with Gasteiger partial charge in [0, 0.05) is 59.6 Å². The largest absolute Gasteiger partial charge is 0.354 e. The van der Waals surface area contributed by atoms with Gasteiger partial charge in [-0.1, -0.05) is 84.9 Å². The summed E-state index contributed by atoms with van der Waals surface area (Å²) < 4.78 is 2.70.